The molecule has 3 aromatic rings. The van der Waals surface area contributed by atoms with Crippen molar-refractivity contribution in [3.8, 4) is 17.2 Å². The van der Waals surface area contributed by atoms with E-state index in [0.29, 0.717) is 35.2 Å². The topological polar surface area (TPSA) is 112 Å². The van der Waals surface area contributed by atoms with Crippen LogP contribution in [-0.2, 0) is 14.3 Å². The number of hydrogen-bond acceptors (Lipinski definition) is 7. The molecule has 3 aromatic carbocycles. The van der Waals surface area contributed by atoms with Crippen molar-refractivity contribution in [1.82, 2.24) is 0 Å². The fraction of sp³-hybridized carbons (Fsp3) is 0.222. The number of carbonyl (C=O) groups excluding carboxylic acids is 3. The van der Waals surface area contributed by atoms with Gasteiger partial charge in [-0.25, -0.2) is 4.79 Å². The van der Waals surface area contributed by atoms with Crippen LogP contribution in [0.1, 0.15) is 24.2 Å². The van der Waals surface area contributed by atoms with Gasteiger partial charge >= 0.3 is 5.97 Å². The van der Waals surface area contributed by atoms with E-state index in [0.717, 1.165) is 0 Å². The van der Waals surface area contributed by atoms with E-state index in [4.69, 9.17) is 18.9 Å². The van der Waals surface area contributed by atoms with E-state index in [1.54, 1.807) is 67.8 Å². The van der Waals surface area contributed by atoms with Gasteiger partial charge in [0.25, 0.3) is 11.8 Å². The highest BCUT2D eigenvalue weighted by Gasteiger charge is 2.19. The Morgan fingerprint density at radius 2 is 1.47 bits per heavy atom. The summed E-state index contributed by atoms with van der Waals surface area (Å²) in [6.07, 6.45) is -1.01. The van der Waals surface area contributed by atoms with E-state index in [1.165, 1.54) is 19.1 Å². The van der Waals surface area contributed by atoms with Gasteiger partial charge in [-0.2, -0.15) is 0 Å². The Morgan fingerprint density at radius 3 is 2.14 bits per heavy atom. The van der Waals surface area contributed by atoms with Gasteiger partial charge in [-0.1, -0.05) is 6.07 Å². The Morgan fingerprint density at radius 1 is 0.806 bits per heavy atom. The van der Waals surface area contributed by atoms with Crippen LogP contribution in [0, 0.1) is 0 Å². The summed E-state index contributed by atoms with van der Waals surface area (Å²) in [5.41, 5.74) is 1.38. The smallest absolute Gasteiger partial charge is 0.338 e. The minimum Gasteiger partial charge on any atom is -0.497 e. The average Bonchev–Trinajstić information content (AvgIpc) is 2.89. The quantitative estimate of drug-likeness (QED) is 0.384. The number of benzene rings is 3. The molecule has 0 spiro atoms. The second kappa shape index (κ2) is 12.8. The highest BCUT2D eigenvalue weighted by Crippen LogP contribution is 2.18. The fourth-order valence-corrected chi connectivity index (χ4v) is 3.06. The third-order valence-corrected chi connectivity index (χ3v) is 4.90. The molecule has 2 amide bonds. The van der Waals surface area contributed by atoms with Crippen molar-refractivity contribution in [2.75, 3.05) is 31.0 Å². The summed E-state index contributed by atoms with van der Waals surface area (Å²) < 4.78 is 21.2. The third-order valence-electron chi connectivity index (χ3n) is 4.90. The number of esters is 1. The molecule has 36 heavy (non-hydrogen) atoms. The number of amides is 2. The number of ether oxygens (including phenoxy) is 4. The van der Waals surface area contributed by atoms with Crippen LogP contribution in [-0.4, -0.2) is 44.2 Å². The molecule has 0 aliphatic rings. The van der Waals surface area contributed by atoms with Gasteiger partial charge in [-0.15, -0.1) is 0 Å². The largest absolute Gasteiger partial charge is 0.497 e. The van der Waals surface area contributed by atoms with Crippen LogP contribution in [0.3, 0.4) is 0 Å². The molecule has 188 valence electrons. The molecule has 0 radical (unpaired) electrons. The minimum absolute atomic E-state index is 0.218. The first kappa shape index (κ1) is 26.1. The van der Waals surface area contributed by atoms with E-state index < -0.39 is 18.0 Å². The van der Waals surface area contributed by atoms with Gasteiger partial charge in [0, 0.05) is 17.4 Å². The van der Waals surface area contributed by atoms with Gasteiger partial charge in [0.1, 0.15) is 17.2 Å². The monoisotopic (exact) mass is 492 g/mol. The Hall–Kier alpha value is -4.53. The summed E-state index contributed by atoms with van der Waals surface area (Å²) in [7, 11) is 1.54. The van der Waals surface area contributed by atoms with Gasteiger partial charge < -0.3 is 29.6 Å². The third kappa shape index (κ3) is 7.76. The van der Waals surface area contributed by atoms with Gasteiger partial charge in [-0.3, -0.25) is 9.59 Å². The molecule has 9 heteroatoms. The second-order valence-corrected chi connectivity index (χ2v) is 7.59. The Bertz CT molecular complexity index is 1180. The number of methoxy groups -OCH3 is 1. The first-order valence-electron chi connectivity index (χ1n) is 11.3. The molecule has 0 saturated carbocycles. The first-order valence-corrected chi connectivity index (χ1v) is 11.3. The molecule has 3 rings (SSSR count). The molecule has 0 bridgehead atoms. The lowest BCUT2D eigenvalue weighted by Crippen LogP contribution is -2.30. The van der Waals surface area contributed by atoms with Crippen LogP contribution in [0.5, 0.6) is 17.2 Å². The molecule has 1 unspecified atom stereocenters. The van der Waals surface area contributed by atoms with Crippen molar-refractivity contribution in [2.24, 2.45) is 0 Å². The lowest BCUT2D eigenvalue weighted by atomic mass is 10.2. The van der Waals surface area contributed by atoms with Crippen molar-refractivity contribution in [3.05, 3.63) is 78.4 Å². The van der Waals surface area contributed by atoms with Crippen molar-refractivity contribution in [3.63, 3.8) is 0 Å². The van der Waals surface area contributed by atoms with E-state index >= 15 is 0 Å². The lowest BCUT2D eigenvalue weighted by molar-refractivity contribution is -0.123. The molecule has 0 fully saturated rings. The Kier molecular flexibility index (Phi) is 9.27. The van der Waals surface area contributed by atoms with Crippen molar-refractivity contribution < 1.29 is 33.3 Å². The second-order valence-electron chi connectivity index (χ2n) is 7.59. The number of anilines is 2. The molecule has 0 aliphatic carbocycles. The molecule has 9 nitrogen and oxygen atoms in total. The van der Waals surface area contributed by atoms with Gasteiger partial charge in [0.2, 0.25) is 0 Å². The molecule has 0 aliphatic heterocycles. The summed E-state index contributed by atoms with van der Waals surface area (Å²) >= 11 is 0. The minimum atomic E-state index is -1.01. The van der Waals surface area contributed by atoms with E-state index in [1.807, 2.05) is 6.92 Å². The van der Waals surface area contributed by atoms with Crippen LogP contribution in [0.2, 0.25) is 0 Å². The maximum atomic E-state index is 12.4. The van der Waals surface area contributed by atoms with Gasteiger partial charge in [0.15, 0.2) is 12.7 Å². The highest BCUT2D eigenvalue weighted by atomic mass is 16.5. The zero-order valence-corrected chi connectivity index (χ0v) is 20.3. The average molecular weight is 493 g/mol. The van der Waals surface area contributed by atoms with Crippen molar-refractivity contribution >= 4 is 29.2 Å². The fourth-order valence-electron chi connectivity index (χ4n) is 3.06. The predicted molar refractivity (Wildman–Crippen MR) is 135 cm³/mol. The zero-order valence-electron chi connectivity index (χ0n) is 20.3. The standard InChI is InChI=1S/C27H28N2O7/c1-4-34-22-14-10-20(11-15-22)29-26(31)18(2)36-27(32)19-8-12-23(13-9-19)35-17-25(30)28-21-6-5-7-24(16-21)33-3/h5-16,18H,4,17H2,1-3H3,(H,28,30)(H,29,31). The molecular weight excluding hydrogens is 464 g/mol. The van der Waals surface area contributed by atoms with Crippen LogP contribution >= 0.6 is 0 Å². The maximum absolute atomic E-state index is 12.4. The first-order chi connectivity index (χ1) is 17.4. The van der Waals surface area contributed by atoms with Crippen LogP contribution in [0.15, 0.2) is 72.8 Å². The SMILES string of the molecule is CCOc1ccc(NC(=O)C(C)OC(=O)c2ccc(OCC(=O)Nc3cccc(OC)c3)cc2)cc1. The van der Waals surface area contributed by atoms with Crippen molar-refractivity contribution in [2.45, 2.75) is 20.0 Å². The van der Waals surface area contributed by atoms with E-state index in [2.05, 4.69) is 10.6 Å². The Balaban J connectivity index is 1.46. The van der Waals surface area contributed by atoms with Gasteiger partial charge in [0.05, 0.1) is 19.3 Å². The van der Waals surface area contributed by atoms with Crippen LogP contribution in [0.4, 0.5) is 11.4 Å². The maximum Gasteiger partial charge on any atom is 0.338 e. The predicted octanol–water partition coefficient (Wildman–Crippen LogP) is 4.30. The normalized spacial score (nSPS) is 11.1. The molecular formula is C27H28N2O7. The van der Waals surface area contributed by atoms with Crippen LogP contribution in [0.25, 0.3) is 0 Å². The molecule has 2 N–H and O–H groups in total. The zero-order chi connectivity index (χ0) is 25.9. The van der Waals surface area contributed by atoms with Crippen LogP contribution < -0.4 is 24.8 Å². The summed E-state index contributed by atoms with van der Waals surface area (Å²) in [5.74, 6) is 0.243. The number of rotatable bonds is 11. The summed E-state index contributed by atoms with van der Waals surface area (Å²) in [6.45, 7) is 3.70. The molecule has 0 heterocycles. The van der Waals surface area contributed by atoms with E-state index in [9.17, 15) is 14.4 Å². The van der Waals surface area contributed by atoms with Gasteiger partial charge in [-0.05, 0) is 74.5 Å². The summed E-state index contributed by atoms with van der Waals surface area (Å²) in [6, 6.07) is 19.9. The number of carbonyl (C=O) groups is 3. The summed E-state index contributed by atoms with van der Waals surface area (Å²) in [4.78, 5) is 36.9. The molecule has 0 aromatic heterocycles. The van der Waals surface area contributed by atoms with Crippen molar-refractivity contribution in [1.29, 1.82) is 0 Å². The lowest BCUT2D eigenvalue weighted by Gasteiger charge is -2.14. The molecule has 1 atom stereocenters. The Labute approximate surface area is 209 Å². The van der Waals surface area contributed by atoms with E-state index in [-0.39, 0.29) is 18.1 Å². The number of nitrogens with one attached hydrogen (secondary N) is 2. The number of hydrogen-bond donors (Lipinski definition) is 2. The molecule has 0 saturated heterocycles. The highest BCUT2D eigenvalue weighted by molar-refractivity contribution is 5.97. The summed E-state index contributed by atoms with van der Waals surface area (Å²) in [5, 5.41) is 5.40.